The number of benzene rings is 1. The molecule has 1 aliphatic rings. The molecule has 26 heavy (non-hydrogen) atoms. The van der Waals surface area contributed by atoms with E-state index in [0.29, 0.717) is 41.9 Å². The van der Waals surface area contributed by atoms with Crippen LogP contribution >= 0.6 is 23.2 Å². The monoisotopic (exact) mass is 393 g/mol. The zero-order chi connectivity index (χ0) is 18.7. The SMILES string of the molecule is CC(=O)N1CCN(C(=O)c2ccnc(Nc3cccc(Cl)c3Cl)n2)CC1. The van der Waals surface area contributed by atoms with Gasteiger partial charge in [0.15, 0.2) is 0 Å². The second-order valence-corrected chi connectivity index (χ2v) is 6.58. The van der Waals surface area contributed by atoms with Gasteiger partial charge in [-0.05, 0) is 18.2 Å². The minimum Gasteiger partial charge on any atom is -0.339 e. The number of hydrogen-bond acceptors (Lipinski definition) is 5. The van der Waals surface area contributed by atoms with Gasteiger partial charge in [-0.2, -0.15) is 0 Å². The highest BCUT2D eigenvalue weighted by atomic mass is 35.5. The van der Waals surface area contributed by atoms with Gasteiger partial charge in [0.25, 0.3) is 5.91 Å². The summed E-state index contributed by atoms with van der Waals surface area (Å²) < 4.78 is 0. The molecule has 1 aliphatic heterocycles. The number of piperazine rings is 1. The van der Waals surface area contributed by atoms with Gasteiger partial charge in [0.05, 0.1) is 15.7 Å². The fraction of sp³-hybridized carbons (Fsp3) is 0.294. The van der Waals surface area contributed by atoms with Gasteiger partial charge in [0, 0.05) is 39.3 Å². The second kappa shape index (κ2) is 7.88. The molecule has 2 heterocycles. The maximum atomic E-state index is 12.7. The van der Waals surface area contributed by atoms with Crippen LogP contribution in [0.3, 0.4) is 0 Å². The van der Waals surface area contributed by atoms with E-state index in [1.54, 1.807) is 34.1 Å². The molecule has 0 unspecified atom stereocenters. The first-order chi connectivity index (χ1) is 12.5. The molecule has 3 rings (SSSR count). The average Bonchev–Trinajstić information content (AvgIpc) is 2.65. The zero-order valence-corrected chi connectivity index (χ0v) is 15.6. The Labute approximate surface area is 160 Å². The number of rotatable bonds is 3. The van der Waals surface area contributed by atoms with Gasteiger partial charge in [-0.15, -0.1) is 0 Å². The largest absolute Gasteiger partial charge is 0.339 e. The van der Waals surface area contributed by atoms with E-state index in [0.717, 1.165) is 0 Å². The van der Waals surface area contributed by atoms with Gasteiger partial charge in [-0.1, -0.05) is 29.3 Å². The van der Waals surface area contributed by atoms with E-state index < -0.39 is 0 Å². The predicted molar refractivity (Wildman–Crippen MR) is 99.9 cm³/mol. The smallest absolute Gasteiger partial charge is 0.272 e. The summed E-state index contributed by atoms with van der Waals surface area (Å²) >= 11 is 12.1. The number of nitrogens with zero attached hydrogens (tertiary/aromatic N) is 4. The van der Waals surface area contributed by atoms with Gasteiger partial charge >= 0.3 is 0 Å². The van der Waals surface area contributed by atoms with Gasteiger partial charge in [0.2, 0.25) is 11.9 Å². The Balaban J connectivity index is 1.72. The molecule has 2 amide bonds. The summed E-state index contributed by atoms with van der Waals surface area (Å²) in [6, 6.07) is 6.73. The topological polar surface area (TPSA) is 78.4 Å². The Hall–Kier alpha value is -2.38. The highest BCUT2D eigenvalue weighted by Gasteiger charge is 2.24. The van der Waals surface area contributed by atoms with E-state index in [1.165, 1.54) is 13.1 Å². The van der Waals surface area contributed by atoms with Crippen LogP contribution in [-0.2, 0) is 4.79 Å². The van der Waals surface area contributed by atoms with Crippen LogP contribution in [0.5, 0.6) is 0 Å². The molecule has 1 saturated heterocycles. The highest BCUT2D eigenvalue weighted by molar-refractivity contribution is 6.43. The lowest BCUT2D eigenvalue weighted by atomic mass is 10.2. The number of anilines is 2. The quantitative estimate of drug-likeness (QED) is 0.866. The first-order valence-electron chi connectivity index (χ1n) is 8.04. The normalized spacial score (nSPS) is 14.3. The summed E-state index contributed by atoms with van der Waals surface area (Å²) in [5.74, 6) is 0.0715. The number of carbonyl (C=O) groups excluding carboxylic acids is 2. The van der Waals surface area contributed by atoms with E-state index >= 15 is 0 Å². The fourth-order valence-electron chi connectivity index (χ4n) is 2.65. The zero-order valence-electron chi connectivity index (χ0n) is 14.1. The Morgan fingerprint density at radius 1 is 1.08 bits per heavy atom. The summed E-state index contributed by atoms with van der Waals surface area (Å²) in [5.41, 5.74) is 0.829. The Bertz CT molecular complexity index is 838. The molecule has 0 atom stereocenters. The molecule has 0 aliphatic carbocycles. The summed E-state index contributed by atoms with van der Waals surface area (Å²) in [7, 11) is 0. The molecule has 0 saturated carbocycles. The van der Waals surface area contributed by atoms with E-state index in [1.807, 2.05) is 0 Å². The van der Waals surface area contributed by atoms with Crippen LogP contribution in [0.1, 0.15) is 17.4 Å². The maximum Gasteiger partial charge on any atom is 0.272 e. The van der Waals surface area contributed by atoms with Crippen molar-refractivity contribution in [2.24, 2.45) is 0 Å². The summed E-state index contributed by atoms with van der Waals surface area (Å²) in [5, 5.41) is 3.74. The molecule has 1 fully saturated rings. The van der Waals surface area contributed by atoms with Crippen LogP contribution < -0.4 is 5.32 Å². The van der Waals surface area contributed by atoms with E-state index in [-0.39, 0.29) is 23.5 Å². The fourth-order valence-corrected chi connectivity index (χ4v) is 2.99. The van der Waals surface area contributed by atoms with E-state index in [9.17, 15) is 9.59 Å². The van der Waals surface area contributed by atoms with Crippen molar-refractivity contribution in [2.75, 3.05) is 31.5 Å². The Morgan fingerprint density at radius 2 is 1.77 bits per heavy atom. The minimum atomic E-state index is -0.198. The van der Waals surface area contributed by atoms with E-state index in [2.05, 4.69) is 15.3 Å². The van der Waals surface area contributed by atoms with E-state index in [4.69, 9.17) is 23.2 Å². The summed E-state index contributed by atoms with van der Waals surface area (Å²) in [4.78, 5) is 35.8. The molecule has 0 bridgehead atoms. The molecular formula is C17H17Cl2N5O2. The van der Waals surface area contributed by atoms with Gasteiger partial charge in [0.1, 0.15) is 5.69 Å². The van der Waals surface area contributed by atoms with Crippen molar-refractivity contribution in [3.63, 3.8) is 0 Å². The van der Waals surface area contributed by atoms with Gasteiger partial charge < -0.3 is 15.1 Å². The minimum absolute atomic E-state index is 0.0176. The lowest BCUT2D eigenvalue weighted by Gasteiger charge is -2.34. The first kappa shape index (κ1) is 18.4. The Morgan fingerprint density at radius 3 is 2.46 bits per heavy atom. The highest BCUT2D eigenvalue weighted by Crippen LogP contribution is 2.30. The number of halogens is 2. The van der Waals surface area contributed by atoms with Crippen LogP contribution in [0.25, 0.3) is 0 Å². The van der Waals surface area contributed by atoms with Crippen molar-refractivity contribution >= 4 is 46.7 Å². The molecule has 1 aromatic carbocycles. The number of amides is 2. The average molecular weight is 394 g/mol. The maximum absolute atomic E-state index is 12.7. The molecular weight excluding hydrogens is 377 g/mol. The summed E-state index contributed by atoms with van der Waals surface area (Å²) in [6.45, 7) is 3.53. The van der Waals surface area contributed by atoms with Crippen molar-refractivity contribution in [3.05, 3.63) is 46.2 Å². The molecule has 0 spiro atoms. The second-order valence-electron chi connectivity index (χ2n) is 5.79. The molecule has 0 radical (unpaired) electrons. The van der Waals surface area contributed by atoms with Crippen molar-refractivity contribution in [2.45, 2.75) is 6.92 Å². The van der Waals surface area contributed by atoms with Gasteiger partial charge in [-0.25, -0.2) is 9.97 Å². The molecule has 7 nitrogen and oxygen atoms in total. The van der Waals surface area contributed by atoms with Crippen LogP contribution in [0.15, 0.2) is 30.5 Å². The van der Waals surface area contributed by atoms with Crippen LogP contribution in [0.4, 0.5) is 11.6 Å². The third kappa shape index (κ3) is 4.05. The van der Waals surface area contributed by atoms with Crippen LogP contribution in [0.2, 0.25) is 10.0 Å². The molecule has 2 aromatic rings. The van der Waals surface area contributed by atoms with Crippen molar-refractivity contribution in [1.29, 1.82) is 0 Å². The standard InChI is InChI=1S/C17H17Cl2N5O2/c1-11(25)23-7-9-24(10-8-23)16(26)14-5-6-20-17(22-14)21-13-4-2-3-12(18)15(13)19/h2-6H,7-10H2,1H3,(H,20,21,22). The lowest BCUT2D eigenvalue weighted by Crippen LogP contribution is -2.50. The molecule has 1 N–H and O–H groups in total. The number of aromatic nitrogens is 2. The molecule has 9 heteroatoms. The predicted octanol–water partition coefficient (Wildman–Crippen LogP) is 2.83. The number of nitrogens with one attached hydrogen (secondary N) is 1. The Kier molecular flexibility index (Phi) is 5.58. The molecule has 136 valence electrons. The first-order valence-corrected chi connectivity index (χ1v) is 8.80. The third-order valence-electron chi connectivity index (χ3n) is 4.08. The van der Waals surface area contributed by atoms with Crippen LogP contribution in [0, 0.1) is 0 Å². The van der Waals surface area contributed by atoms with Crippen molar-refractivity contribution in [3.8, 4) is 0 Å². The third-order valence-corrected chi connectivity index (χ3v) is 4.90. The molecule has 1 aromatic heterocycles. The van der Waals surface area contributed by atoms with Crippen molar-refractivity contribution in [1.82, 2.24) is 19.8 Å². The van der Waals surface area contributed by atoms with Crippen LogP contribution in [-0.4, -0.2) is 57.8 Å². The van der Waals surface area contributed by atoms with Gasteiger partial charge in [-0.3, -0.25) is 9.59 Å². The number of hydrogen-bond donors (Lipinski definition) is 1. The van der Waals surface area contributed by atoms with Crippen molar-refractivity contribution < 1.29 is 9.59 Å². The number of carbonyl (C=O) groups is 2. The summed E-state index contributed by atoms with van der Waals surface area (Å²) in [6.07, 6.45) is 1.51. The lowest BCUT2D eigenvalue weighted by molar-refractivity contribution is -0.130.